The Labute approximate surface area is 151 Å². The standard InChI is InChI=1S/C16H16N6OS2/c1-4-5-24-15-20-19-14-21(15)13-11(12-17-8-18-22(12)14)9-6-16(2,3)23-7-10(9)25-13/h4,8H,1,5-7H2,2-3H3. The molecule has 0 fully saturated rings. The second kappa shape index (κ2) is 5.26. The smallest absolute Gasteiger partial charge is 0.260 e. The van der Waals surface area contributed by atoms with Crippen molar-refractivity contribution in [3.63, 3.8) is 0 Å². The van der Waals surface area contributed by atoms with Crippen molar-refractivity contribution in [1.29, 1.82) is 0 Å². The van der Waals surface area contributed by atoms with Crippen LogP contribution < -0.4 is 0 Å². The van der Waals surface area contributed by atoms with Gasteiger partial charge in [-0.15, -0.1) is 28.1 Å². The predicted molar refractivity (Wildman–Crippen MR) is 98.4 cm³/mol. The van der Waals surface area contributed by atoms with Crippen LogP contribution in [0.1, 0.15) is 24.3 Å². The van der Waals surface area contributed by atoms with Crippen molar-refractivity contribution in [3.05, 3.63) is 29.4 Å². The van der Waals surface area contributed by atoms with Crippen LogP contribution in [0.5, 0.6) is 0 Å². The van der Waals surface area contributed by atoms with Gasteiger partial charge in [-0.3, -0.25) is 0 Å². The fourth-order valence-corrected chi connectivity index (χ4v) is 5.24. The third-order valence-corrected chi connectivity index (χ3v) is 6.49. The molecule has 5 heterocycles. The molecule has 0 radical (unpaired) electrons. The minimum Gasteiger partial charge on any atom is -0.370 e. The number of ether oxygens (including phenoxy) is 1. The maximum Gasteiger partial charge on any atom is 0.260 e. The van der Waals surface area contributed by atoms with E-state index in [1.807, 2.05) is 6.08 Å². The van der Waals surface area contributed by atoms with Crippen LogP contribution >= 0.6 is 23.1 Å². The van der Waals surface area contributed by atoms with E-state index in [9.17, 15) is 0 Å². The normalized spacial score (nSPS) is 16.7. The van der Waals surface area contributed by atoms with Crippen molar-refractivity contribution in [2.45, 2.75) is 37.6 Å². The van der Waals surface area contributed by atoms with Gasteiger partial charge in [0.25, 0.3) is 5.78 Å². The monoisotopic (exact) mass is 372 g/mol. The summed E-state index contributed by atoms with van der Waals surface area (Å²) in [5.41, 5.74) is 1.97. The molecule has 1 aliphatic rings. The number of nitrogens with zero attached hydrogens (tertiary/aromatic N) is 6. The van der Waals surface area contributed by atoms with E-state index in [-0.39, 0.29) is 5.60 Å². The highest BCUT2D eigenvalue weighted by Gasteiger charge is 2.32. The molecule has 0 saturated carbocycles. The fraction of sp³-hybridized carbons (Fsp3) is 0.375. The van der Waals surface area contributed by atoms with Gasteiger partial charge < -0.3 is 4.74 Å². The SMILES string of the molecule is C=CCSc1nnc2n3ncnc3c3c4c(sc3n12)COC(C)(C)C4. The lowest BCUT2D eigenvalue weighted by Crippen LogP contribution is -2.31. The molecule has 0 spiro atoms. The Balaban J connectivity index is 1.91. The molecule has 9 heteroatoms. The molecule has 25 heavy (non-hydrogen) atoms. The zero-order chi connectivity index (χ0) is 17.2. The molecule has 0 aromatic carbocycles. The van der Waals surface area contributed by atoms with E-state index >= 15 is 0 Å². The first kappa shape index (κ1) is 15.3. The van der Waals surface area contributed by atoms with Gasteiger partial charge in [0, 0.05) is 17.1 Å². The van der Waals surface area contributed by atoms with E-state index in [4.69, 9.17) is 4.74 Å². The quantitative estimate of drug-likeness (QED) is 0.406. The van der Waals surface area contributed by atoms with Crippen LogP contribution in [0.2, 0.25) is 0 Å². The fourth-order valence-electron chi connectivity index (χ4n) is 3.29. The molecule has 0 bridgehead atoms. The number of thiophene rings is 1. The summed E-state index contributed by atoms with van der Waals surface area (Å²) in [6.45, 7) is 8.68. The summed E-state index contributed by atoms with van der Waals surface area (Å²) < 4.78 is 9.88. The summed E-state index contributed by atoms with van der Waals surface area (Å²) in [7, 11) is 0. The van der Waals surface area contributed by atoms with E-state index in [0.717, 1.165) is 33.2 Å². The third-order valence-electron chi connectivity index (χ3n) is 4.38. The maximum absolute atomic E-state index is 6.01. The van der Waals surface area contributed by atoms with Gasteiger partial charge in [-0.25, -0.2) is 9.38 Å². The summed E-state index contributed by atoms with van der Waals surface area (Å²) in [6.07, 6.45) is 4.30. The number of aromatic nitrogens is 6. The number of rotatable bonds is 3. The molecular weight excluding hydrogens is 356 g/mol. The van der Waals surface area contributed by atoms with Crippen LogP contribution in [0, 0.1) is 0 Å². The molecule has 128 valence electrons. The number of thioether (sulfide) groups is 1. The van der Waals surface area contributed by atoms with Crippen LogP contribution in [-0.2, 0) is 17.8 Å². The lowest BCUT2D eigenvalue weighted by molar-refractivity contribution is -0.0379. The van der Waals surface area contributed by atoms with E-state index in [0.29, 0.717) is 12.4 Å². The first-order valence-electron chi connectivity index (χ1n) is 7.98. The highest BCUT2D eigenvalue weighted by molar-refractivity contribution is 7.99. The van der Waals surface area contributed by atoms with Crippen molar-refractivity contribution in [1.82, 2.24) is 29.2 Å². The van der Waals surface area contributed by atoms with Gasteiger partial charge >= 0.3 is 0 Å². The highest BCUT2D eigenvalue weighted by atomic mass is 32.2. The van der Waals surface area contributed by atoms with Crippen LogP contribution in [0.4, 0.5) is 0 Å². The summed E-state index contributed by atoms with van der Waals surface area (Å²) in [5, 5.41) is 15.1. The molecule has 0 saturated heterocycles. The topological polar surface area (TPSA) is 69.6 Å². The van der Waals surface area contributed by atoms with Gasteiger partial charge in [0.1, 0.15) is 11.2 Å². The molecule has 0 unspecified atom stereocenters. The minimum atomic E-state index is -0.180. The zero-order valence-electron chi connectivity index (χ0n) is 13.9. The predicted octanol–water partition coefficient (Wildman–Crippen LogP) is 3.12. The Hall–Kier alpha value is -1.97. The molecule has 0 aliphatic carbocycles. The minimum absolute atomic E-state index is 0.180. The van der Waals surface area contributed by atoms with E-state index in [1.54, 1.807) is 33.9 Å². The van der Waals surface area contributed by atoms with Crippen molar-refractivity contribution >= 4 is 44.7 Å². The highest BCUT2D eigenvalue weighted by Crippen LogP contribution is 2.41. The molecule has 4 aromatic rings. The maximum atomic E-state index is 6.01. The molecule has 7 nitrogen and oxygen atoms in total. The van der Waals surface area contributed by atoms with Crippen LogP contribution in [0.25, 0.3) is 21.6 Å². The van der Waals surface area contributed by atoms with E-state index in [2.05, 4.69) is 45.1 Å². The molecule has 0 N–H and O–H groups in total. The second-order valence-corrected chi connectivity index (χ2v) is 8.69. The summed E-state index contributed by atoms with van der Waals surface area (Å²) >= 11 is 3.35. The van der Waals surface area contributed by atoms with Crippen molar-refractivity contribution in [3.8, 4) is 0 Å². The number of hydrogen-bond acceptors (Lipinski definition) is 7. The Morgan fingerprint density at radius 1 is 1.44 bits per heavy atom. The van der Waals surface area contributed by atoms with Gasteiger partial charge in [-0.05, 0) is 19.4 Å². The van der Waals surface area contributed by atoms with E-state index in [1.165, 1.54) is 10.4 Å². The summed E-state index contributed by atoms with van der Waals surface area (Å²) in [4.78, 5) is 6.87. The lowest BCUT2D eigenvalue weighted by Gasteiger charge is -2.30. The average Bonchev–Trinajstić information content (AvgIpc) is 3.27. The van der Waals surface area contributed by atoms with Crippen molar-refractivity contribution in [2.75, 3.05) is 5.75 Å². The molecule has 4 aromatic heterocycles. The van der Waals surface area contributed by atoms with Gasteiger partial charge in [0.2, 0.25) is 0 Å². The van der Waals surface area contributed by atoms with Crippen LogP contribution in [0.15, 0.2) is 24.1 Å². The first-order valence-corrected chi connectivity index (χ1v) is 9.78. The van der Waals surface area contributed by atoms with E-state index < -0.39 is 0 Å². The molecule has 1 aliphatic heterocycles. The third kappa shape index (κ3) is 2.16. The summed E-state index contributed by atoms with van der Waals surface area (Å²) in [6, 6.07) is 0. The van der Waals surface area contributed by atoms with Gasteiger partial charge in [-0.1, -0.05) is 17.8 Å². The second-order valence-electron chi connectivity index (χ2n) is 6.62. The molecule has 0 atom stereocenters. The first-order chi connectivity index (χ1) is 12.1. The zero-order valence-corrected chi connectivity index (χ0v) is 15.5. The molecule has 5 rings (SSSR count). The average molecular weight is 372 g/mol. The number of hydrogen-bond donors (Lipinski definition) is 0. The number of fused-ring (bicyclic) bond motifs is 8. The van der Waals surface area contributed by atoms with Gasteiger partial charge in [0.05, 0.1) is 17.6 Å². The molecular formula is C16H16N6OS2. The van der Waals surface area contributed by atoms with Gasteiger partial charge in [-0.2, -0.15) is 9.61 Å². The van der Waals surface area contributed by atoms with Crippen LogP contribution in [-0.4, -0.2) is 40.6 Å². The Kier molecular flexibility index (Phi) is 3.22. The summed E-state index contributed by atoms with van der Waals surface area (Å²) in [5.74, 6) is 1.46. The van der Waals surface area contributed by atoms with Crippen LogP contribution in [0.3, 0.4) is 0 Å². The Bertz CT molecular complexity index is 1140. The Morgan fingerprint density at radius 3 is 3.16 bits per heavy atom. The lowest BCUT2D eigenvalue weighted by atomic mass is 9.94. The van der Waals surface area contributed by atoms with Crippen molar-refractivity contribution < 1.29 is 4.74 Å². The Morgan fingerprint density at radius 2 is 2.32 bits per heavy atom. The largest absolute Gasteiger partial charge is 0.370 e. The van der Waals surface area contributed by atoms with Gasteiger partial charge in [0.15, 0.2) is 10.8 Å². The molecule has 0 amide bonds. The van der Waals surface area contributed by atoms with Crippen molar-refractivity contribution in [2.24, 2.45) is 0 Å².